The molecule has 1 aromatic rings. The van der Waals surface area contributed by atoms with E-state index in [-0.39, 0.29) is 17.4 Å². The average molecular weight is 260 g/mol. The van der Waals surface area contributed by atoms with Crippen LogP contribution in [0.2, 0.25) is 0 Å². The minimum atomic E-state index is -0.246. The maximum absolute atomic E-state index is 11.0. The zero-order valence-electron chi connectivity index (χ0n) is 12.1. The summed E-state index contributed by atoms with van der Waals surface area (Å²) in [6.45, 7) is 6.62. The molecular weight excluding hydrogens is 236 g/mol. The second-order valence-corrected chi connectivity index (χ2v) is 6.30. The Balaban J connectivity index is 2.18. The number of nitrogens with one attached hydrogen (secondary N) is 1. The van der Waals surface area contributed by atoms with Crippen molar-refractivity contribution in [3.63, 3.8) is 0 Å². The summed E-state index contributed by atoms with van der Waals surface area (Å²) in [5, 5.41) is 3.54. The molecule has 0 radical (unpaired) electrons. The fourth-order valence-electron chi connectivity index (χ4n) is 3.09. The van der Waals surface area contributed by atoms with Gasteiger partial charge in [-0.2, -0.15) is 0 Å². The predicted molar refractivity (Wildman–Crippen MR) is 77.9 cm³/mol. The van der Waals surface area contributed by atoms with E-state index in [1.165, 1.54) is 11.1 Å². The van der Waals surface area contributed by atoms with E-state index in [2.05, 4.69) is 43.4 Å². The molecule has 0 aliphatic heterocycles. The summed E-state index contributed by atoms with van der Waals surface area (Å²) in [7, 11) is 0. The van der Waals surface area contributed by atoms with Crippen LogP contribution in [-0.2, 0) is 10.2 Å². The molecule has 1 amide bonds. The topological polar surface area (TPSA) is 55.1 Å². The molecule has 19 heavy (non-hydrogen) atoms. The first-order chi connectivity index (χ1) is 8.90. The summed E-state index contributed by atoms with van der Waals surface area (Å²) >= 11 is 0. The van der Waals surface area contributed by atoms with Crippen molar-refractivity contribution in [2.45, 2.75) is 57.5 Å². The molecule has 1 aliphatic carbocycles. The van der Waals surface area contributed by atoms with E-state index < -0.39 is 0 Å². The van der Waals surface area contributed by atoms with Crippen molar-refractivity contribution in [1.82, 2.24) is 5.32 Å². The van der Waals surface area contributed by atoms with E-state index >= 15 is 0 Å². The van der Waals surface area contributed by atoms with E-state index in [0.29, 0.717) is 12.5 Å². The fourth-order valence-corrected chi connectivity index (χ4v) is 3.09. The fraction of sp³-hybridized carbons (Fsp3) is 0.562. The maximum Gasteiger partial charge on any atom is 0.218 e. The zero-order valence-corrected chi connectivity index (χ0v) is 12.1. The minimum Gasteiger partial charge on any atom is -0.370 e. The Morgan fingerprint density at radius 1 is 1.47 bits per heavy atom. The molecule has 3 nitrogen and oxygen atoms in total. The predicted octanol–water partition coefficient (Wildman–Crippen LogP) is 2.65. The molecule has 104 valence electrons. The van der Waals surface area contributed by atoms with Crippen molar-refractivity contribution < 1.29 is 4.79 Å². The van der Waals surface area contributed by atoms with Gasteiger partial charge >= 0.3 is 0 Å². The lowest BCUT2D eigenvalue weighted by molar-refractivity contribution is -0.118. The second-order valence-electron chi connectivity index (χ2n) is 6.30. The van der Waals surface area contributed by atoms with Crippen molar-refractivity contribution >= 4 is 5.91 Å². The number of fused-ring (bicyclic) bond motifs is 1. The Morgan fingerprint density at radius 2 is 2.16 bits per heavy atom. The molecule has 0 bridgehead atoms. The van der Waals surface area contributed by atoms with Crippen LogP contribution < -0.4 is 11.1 Å². The Bertz CT molecular complexity index is 468. The van der Waals surface area contributed by atoms with Crippen LogP contribution in [0.1, 0.15) is 57.2 Å². The van der Waals surface area contributed by atoms with Crippen molar-refractivity contribution in [2.24, 2.45) is 5.73 Å². The second kappa shape index (κ2) is 5.33. The van der Waals surface area contributed by atoms with E-state index in [9.17, 15) is 4.79 Å². The first-order valence-electron chi connectivity index (χ1n) is 7.04. The van der Waals surface area contributed by atoms with Gasteiger partial charge < -0.3 is 11.1 Å². The number of nitrogens with two attached hydrogens (primary N) is 1. The van der Waals surface area contributed by atoms with E-state index in [4.69, 9.17) is 5.73 Å². The normalized spacial score (nSPS) is 22.6. The highest BCUT2D eigenvalue weighted by atomic mass is 16.1. The summed E-state index contributed by atoms with van der Waals surface area (Å²) in [6.07, 6.45) is 2.65. The minimum absolute atomic E-state index is 0.122. The molecule has 2 unspecified atom stereocenters. The molecule has 3 heteroatoms. The van der Waals surface area contributed by atoms with Crippen LogP contribution >= 0.6 is 0 Å². The molecular formula is C16H24N2O. The zero-order chi connectivity index (χ0) is 14.0. The lowest BCUT2D eigenvalue weighted by atomic mass is 9.71. The number of carbonyl (C=O) groups is 1. The highest BCUT2D eigenvalue weighted by Crippen LogP contribution is 2.41. The molecule has 0 spiro atoms. The molecule has 0 heterocycles. The number of benzene rings is 1. The van der Waals surface area contributed by atoms with Crippen LogP contribution in [0.4, 0.5) is 0 Å². The third kappa shape index (κ3) is 3.16. The summed E-state index contributed by atoms with van der Waals surface area (Å²) in [5.41, 5.74) is 8.29. The van der Waals surface area contributed by atoms with Gasteiger partial charge in [-0.15, -0.1) is 0 Å². The van der Waals surface area contributed by atoms with Gasteiger partial charge in [-0.1, -0.05) is 38.1 Å². The van der Waals surface area contributed by atoms with Gasteiger partial charge in [0.25, 0.3) is 0 Å². The monoisotopic (exact) mass is 260 g/mol. The number of hydrogen-bond acceptors (Lipinski definition) is 2. The van der Waals surface area contributed by atoms with E-state index in [1.54, 1.807) is 0 Å². The number of carbonyl (C=O) groups excluding carboxylic acids is 1. The van der Waals surface area contributed by atoms with Crippen LogP contribution in [0, 0.1) is 0 Å². The smallest absolute Gasteiger partial charge is 0.218 e. The van der Waals surface area contributed by atoms with Gasteiger partial charge in [-0.25, -0.2) is 0 Å². The van der Waals surface area contributed by atoms with Gasteiger partial charge in [0.05, 0.1) is 0 Å². The van der Waals surface area contributed by atoms with Crippen LogP contribution in [0.3, 0.4) is 0 Å². The first-order valence-corrected chi connectivity index (χ1v) is 7.04. The number of primary amides is 1. The van der Waals surface area contributed by atoms with Gasteiger partial charge in [-0.3, -0.25) is 4.79 Å². The number of amides is 1. The molecule has 0 fully saturated rings. The van der Waals surface area contributed by atoms with Crippen molar-refractivity contribution in [3.8, 4) is 0 Å². The third-order valence-electron chi connectivity index (χ3n) is 4.12. The molecule has 1 aliphatic rings. The summed E-state index contributed by atoms with van der Waals surface area (Å²) in [6, 6.07) is 9.08. The lowest BCUT2D eigenvalue weighted by Gasteiger charge is -2.38. The van der Waals surface area contributed by atoms with Crippen molar-refractivity contribution in [1.29, 1.82) is 0 Å². The van der Waals surface area contributed by atoms with Crippen molar-refractivity contribution in [2.75, 3.05) is 0 Å². The van der Waals surface area contributed by atoms with Crippen LogP contribution in [0.15, 0.2) is 24.3 Å². The number of hydrogen-bond donors (Lipinski definition) is 2. The van der Waals surface area contributed by atoms with E-state index in [1.807, 2.05) is 6.92 Å². The molecule has 0 saturated carbocycles. The van der Waals surface area contributed by atoms with Crippen LogP contribution in [-0.4, -0.2) is 11.9 Å². The van der Waals surface area contributed by atoms with Gasteiger partial charge in [0.1, 0.15) is 0 Å². The molecule has 0 saturated heterocycles. The molecule has 2 rings (SSSR count). The molecule has 0 aromatic heterocycles. The Kier molecular flexibility index (Phi) is 3.95. The molecule has 3 N–H and O–H groups in total. The molecule has 1 aromatic carbocycles. The number of rotatable bonds is 4. The highest BCUT2D eigenvalue weighted by Gasteiger charge is 2.32. The highest BCUT2D eigenvalue weighted by molar-refractivity contribution is 5.74. The summed E-state index contributed by atoms with van der Waals surface area (Å²) < 4.78 is 0. The largest absolute Gasteiger partial charge is 0.370 e. The van der Waals surface area contributed by atoms with Crippen LogP contribution in [0.25, 0.3) is 0 Å². The summed E-state index contributed by atoms with van der Waals surface area (Å²) in [4.78, 5) is 11.0. The van der Waals surface area contributed by atoms with Gasteiger partial charge in [0.15, 0.2) is 0 Å². The molecule has 2 atom stereocenters. The third-order valence-corrected chi connectivity index (χ3v) is 4.12. The van der Waals surface area contributed by atoms with Gasteiger partial charge in [0.2, 0.25) is 5.91 Å². The quantitative estimate of drug-likeness (QED) is 0.874. The average Bonchev–Trinajstić information content (AvgIpc) is 2.32. The lowest BCUT2D eigenvalue weighted by Crippen LogP contribution is -2.38. The standard InChI is InChI=1S/C16H24N2O/c1-11(10-15(17)19)18-14-8-9-16(2,3)13-7-5-4-6-12(13)14/h4-7,11,14,18H,8-10H2,1-3H3,(H2,17,19). The summed E-state index contributed by atoms with van der Waals surface area (Å²) in [5.74, 6) is -0.246. The SMILES string of the molecule is CC(CC(N)=O)NC1CCC(C)(C)c2ccccc21. The van der Waals surface area contributed by atoms with Crippen molar-refractivity contribution in [3.05, 3.63) is 35.4 Å². The van der Waals surface area contributed by atoms with Gasteiger partial charge in [-0.05, 0) is 36.3 Å². The van der Waals surface area contributed by atoms with E-state index in [0.717, 1.165) is 12.8 Å². The van der Waals surface area contributed by atoms with Gasteiger partial charge in [0, 0.05) is 18.5 Å². The first kappa shape index (κ1) is 14.1. The maximum atomic E-state index is 11.0. The van der Waals surface area contributed by atoms with Crippen LogP contribution in [0.5, 0.6) is 0 Å². The Hall–Kier alpha value is -1.35. The Morgan fingerprint density at radius 3 is 2.84 bits per heavy atom. The Labute approximate surface area is 115 Å².